The van der Waals surface area contributed by atoms with E-state index in [1.165, 1.54) is 24.6 Å². The number of nitrogens with one attached hydrogen (secondary N) is 1. The normalized spacial score (nSPS) is 11.1. The van der Waals surface area contributed by atoms with E-state index >= 15 is 0 Å². The van der Waals surface area contributed by atoms with Gasteiger partial charge in [-0.2, -0.15) is 8.42 Å². The minimum Gasteiger partial charge on any atom is -0.493 e. The highest BCUT2D eigenvalue weighted by atomic mass is 32.2. The van der Waals surface area contributed by atoms with Crippen molar-refractivity contribution in [3.63, 3.8) is 0 Å². The van der Waals surface area contributed by atoms with Gasteiger partial charge in [0.25, 0.3) is 20.3 Å². The van der Waals surface area contributed by atoms with Gasteiger partial charge >= 0.3 is 0 Å². The third-order valence-corrected chi connectivity index (χ3v) is 7.48. The number of rotatable bonds is 8. The lowest BCUT2D eigenvalue weighted by Gasteiger charge is -2.21. The van der Waals surface area contributed by atoms with Crippen LogP contribution in [0, 0.1) is 6.92 Å². The average Bonchev–Trinajstić information content (AvgIpc) is 3.24. The molecule has 3 aromatic rings. The number of sulfonamides is 1. The number of ether oxygens (including phenoxy) is 2. The second-order valence-electron chi connectivity index (χ2n) is 6.40. The van der Waals surface area contributed by atoms with Crippen molar-refractivity contribution in [3.8, 4) is 11.5 Å². The Hall–Kier alpha value is -3.18. The van der Waals surface area contributed by atoms with E-state index in [0.717, 1.165) is 16.9 Å². The van der Waals surface area contributed by atoms with Gasteiger partial charge in [-0.1, -0.05) is 29.0 Å². The lowest BCUT2D eigenvalue weighted by Crippen LogP contribution is -2.30. The van der Waals surface area contributed by atoms with E-state index in [1.807, 2.05) is 19.1 Å². The summed E-state index contributed by atoms with van der Waals surface area (Å²) in [6.07, 6.45) is 0. The van der Waals surface area contributed by atoms with E-state index in [-0.39, 0.29) is 16.0 Å². The maximum Gasteiger partial charge on any atom is 0.293 e. The van der Waals surface area contributed by atoms with Gasteiger partial charge in [0.2, 0.25) is 5.13 Å². The zero-order valence-electron chi connectivity index (χ0n) is 17.4. The van der Waals surface area contributed by atoms with Crippen LogP contribution in [0.25, 0.3) is 0 Å². The van der Waals surface area contributed by atoms with Crippen LogP contribution in [-0.4, -0.2) is 45.3 Å². The number of aromatic nitrogens is 2. The molecule has 0 bridgehead atoms. The average molecular weight is 463 g/mol. The fraction of sp³-hybridized carbons (Fsp3) is 0.250. The molecule has 0 aliphatic rings. The molecule has 11 heteroatoms. The topological polar surface area (TPSA) is 111 Å². The van der Waals surface area contributed by atoms with Crippen LogP contribution in [0.2, 0.25) is 0 Å². The van der Waals surface area contributed by atoms with Crippen LogP contribution in [0.4, 0.5) is 10.8 Å². The molecule has 9 nitrogen and oxygen atoms in total. The molecule has 0 fully saturated rings. The third-order valence-electron chi connectivity index (χ3n) is 4.39. The smallest absolute Gasteiger partial charge is 0.293 e. The lowest BCUT2D eigenvalue weighted by atomic mass is 10.2. The summed E-state index contributed by atoms with van der Waals surface area (Å²) in [6, 6.07) is 11.8. The van der Waals surface area contributed by atoms with Crippen molar-refractivity contribution < 1.29 is 22.7 Å². The van der Waals surface area contributed by atoms with Crippen molar-refractivity contribution >= 4 is 38.1 Å². The number of carbonyl (C=O) groups is 1. The van der Waals surface area contributed by atoms with Crippen molar-refractivity contribution in [3.05, 3.63) is 53.6 Å². The van der Waals surface area contributed by atoms with E-state index < -0.39 is 15.9 Å². The molecule has 31 heavy (non-hydrogen) atoms. The molecule has 0 aliphatic heterocycles. The second kappa shape index (κ2) is 9.31. The lowest BCUT2D eigenvalue weighted by molar-refractivity contribution is 0.102. The second-order valence-corrected chi connectivity index (χ2v) is 9.42. The van der Waals surface area contributed by atoms with Crippen molar-refractivity contribution in [1.29, 1.82) is 0 Å². The molecule has 1 amide bonds. The Balaban J connectivity index is 1.81. The van der Waals surface area contributed by atoms with Crippen LogP contribution < -0.4 is 19.1 Å². The van der Waals surface area contributed by atoms with Crippen LogP contribution >= 0.6 is 11.3 Å². The van der Waals surface area contributed by atoms with Crippen LogP contribution in [0.1, 0.15) is 22.8 Å². The predicted molar refractivity (Wildman–Crippen MR) is 119 cm³/mol. The number of aryl methyl sites for hydroxylation is 1. The summed E-state index contributed by atoms with van der Waals surface area (Å²) in [5.41, 5.74) is 1.85. The summed E-state index contributed by atoms with van der Waals surface area (Å²) in [4.78, 5) is 12.6. The SMILES string of the molecule is CCN(c1ccc(C)cc1)S(=O)(=O)c1nnc(NC(=O)c2ccc(OC)c(OC)c2)s1. The molecule has 0 spiro atoms. The fourth-order valence-electron chi connectivity index (χ4n) is 2.81. The number of carbonyl (C=O) groups excluding carboxylic acids is 1. The van der Waals surface area contributed by atoms with Crippen LogP contribution in [0.3, 0.4) is 0 Å². The highest BCUT2D eigenvalue weighted by molar-refractivity contribution is 7.94. The van der Waals surface area contributed by atoms with Crippen molar-refractivity contribution in [1.82, 2.24) is 10.2 Å². The number of hydrogen-bond acceptors (Lipinski definition) is 8. The molecule has 0 radical (unpaired) electrons. The largest absolute Gasteiger partial charge is 0.493 e. The number of amides is 1. The summed E-state index contributed by atoms with van der Waals surface area (Å²) in [5, 5.41) is 10.2. The van der Waals surface area contributed by atoms with Gasteiger partial charge in [-0.05, 0) is 44.2 Å². The highest BCUT2D eigenvalue weighted by Crippen LogP contribution is 2.30. The molecule has 1 aromatic heterocycles. The summed E-state index contributed by atoms with van der Waals surface area (Å²) in [7, 11) is -0.962. The summed E-state index contributed by atoms with van der Waals surface area (Å²) in [6.45, 7) is 3.88. The Morgan fingerprint density at radius 3 is 2.35 bits per heavy atom. The van der Waals surface area contributed by atoms with Gasteiger partial charge < -0.3 is 9.47 Å². The molecule has 164 valence electrons. The van der Waals surface area contributed by atoms with Gasteiger partial charge in [-0.25, -0.2) is 0 Å². The molecule has 0 unspecified atom stereocenters. The van der Waals surface area contributed by atoms with E-state index in [4.69, 9.17) is 9.47 Å². The fourth-order valence-corrected chi connectivity index (χ4v) is 5.28. The van der Waals surface area contributed by atoms with E-state index in [2.05, 4.69) is 15.5 Å². The van der Waals surface area contributed by atoms with Crippen LogP contribution in [0.5, 0.6) is 11.5 Å². The summed E-state index contributed by atoms with van der Waals surface area (Å²) < 4.78 is 37.5. The number of hydrogen-bond donors (Lipinski definition) is 1. The zero-order valence-corrected chi connectivity index (χ0v) is 19.1. The maximum absolute atomic E-state index is 13.1. The van der Waals surface area contributed by atoms with Crippen LogP contribution in [0.15, 0.2) is 46.8 Å². The van der Waals surface area contributed by atoms with E-state index in [0.29, 0.717) is 22.7 Å². The molecule has 2 aromatic carbocycles. The Morgan fingerprint density at radius 2 is 1.74 bits per heavy atom. The molecule has 0 atom stereocenters. The first-order valence-corrected chi connectivity index (χ1v) is 11.5. The number of nitrogens with zero attached hydrogens (tertiary/aromatic N) is 3. The first kappa shape index (κ1) is 22.5. The summed E-state index contributed by atoms with van der Waals surface area (Å²) in [5.74, 6) is 0.401. The van der Waals surface area contributed by atoms with Crippen molar-refractivity contribution in [2.24, 2.45) is 0 Å². The van der Waals surface area contributed by atoms with Crippen molar-refractivity contribution in [2.45, 2.75) is 18.2 Å². The van der Waals surface area contributed by atoms with Crippen molar-refractivity contribution in [2.75, 3.05) is 30.4 Å². The van der Waals surface area contributed by atoms with Crippen LogP contribution in [-0.2, 0) is 10.0 Å². The molecule has 0 saturated heterocycles. The first-order valence-electron chi connectivity index (χ1n) is 9.26. The number of methoxy groups -OCH3 is 2. The van der Waals surface area contributed by atoms with Gasteiger partial charge in [0, 0.05) is 12.1 Å². The Morgan fingerprint density at radius 1 is 1.06 bits per heavy atom. The van der Waals surface area contributed by atoms with Gasteiger partial charge in [0.05, 0.1) is 19.9 Å². The predicted octanol–water partition coefficient (Wildman–Crippen LogP) is 3.33. The first-order chi connectivity index (χ1) is 14.8. The monoisotopic (exact) mass is 462 g/mol. The molecule has 1 N–H and O–H groups in total. The number of anilines is 2. The molecule has 0 saturated carbocycles. The number of benzene rings is 2. The molecule has 1 heterocycles. The molecule has 3 rings (SSSR count). The molecular formula is C20H22N4O5S2. The van der Waals surface area contributed by atoms with Gasteiger partial charge in [-0.3, -0.25) is 14.4 Å². The quantitative estimate of drug-likeness (QED) is 0.511. The third kappa shape index (κ3) is 4.78. The zero-order chi connectivity index (χ0) is 22.6. The maximum atomic E-state index is 13.1. The minimum absolute atomic E-state index is 0.0679. The highest BCUT2D eigenvalue weighted by Gasteiger charge is 2.28. The molecule has 0 aliphatic carbocycles. The van der Waals surface area contributed by atoms with Gasteiger partial charge in [0.15, 0.2) is 11.5 Å². The Bertz CT molecular complexity index is 1180. The van der Waals surface area contributed by atoms with E-state index in [1.54, 1.807) is 31.2 Å². The standard InChI is InChI=1S/C20H22N4O5S2/c1-5-24(15-9-6-13(2)7-10-15)31(26,27)20-23-22-19(30-20)21-18(25)14-8-11-16(28-3)17(12-14)29-4/h6-12H,5H2,1-4H3,(H,21,22,25). The Labute approximate surface area is 184 Å². The Kier molecular flexibility index (Phi) is 6.76. The molecular weight excluding hydrogens is 440 g/mol. The summed E-state index contributed by atoms with van der Waals surface area (Å²) >= 11 is 0.782. The van der Waals surface area contributed by atoms with Gasteiger partial charge in [0.1, 0.15) is 0 Å². The van der Waals surface area contributed by atoms with E-state index in [9.17, 15) is 13.2 Å². The minimum atomic E-state index is -3.93. The van der Waals surface area contributed by atoms with Gasteiger partial charge in [-0.15, -0.1) is 10.2 Å².